The highest BCUT2D eigenvalue weighted by atomic mass is 19.1. The lowest BCUT2D eigenvalue weighted by Crippen LogP contribution is -2.35. The lowest BCUT2D eigenvalue weighted by molar-refractivity contribution is 0.661. The molecule has 7 heteroatoms. The molecule has 1 N–H and O–H groups in total. The number of aliphatic imine (C=N–C) groups is 1. The van der Waals surface area contributed by atoms with Gasteiger partial charge >= 0.3 is 0 Å². The Bertz CT molecular complexity index is 1260. The van der Waals surface area contributed by atoms with E-state index in [1.165, 1.54) is 6.08 Å². The predicted molar refractivity (Wildman–Crippen MR) is 106 cm³/mol. The molecule has 0 atom stereocenters. The van der Waals surface area contributed by atoms with E-state index in [1.54, 1.807) is 12.4 Å². The van der Waals surface area contributed by atoms with Gasteiger partial charge in [0.1, 0.15) is 11.6 Å². The summed E-state index contributed by atoms with van der Waals surface area (Å²) >= 11 is 0. The average Bonchev–Trinajstić information content (AvgIpc) is 3.43. The molecule has 4 heterocycles. The Labute approximate surface area is 160 Å². The second-order valence-corrected chi connectivity index (χ2v) is 6.95. The van der Waals surface area contributed by atoms with E-state index >= 15 is 0 Å². The molecule has 0 aromatic carbocycles. The minimum atomic E-state index is -0.204. The van der Waals surface area contributed by atoms with Crippen LogP contribution in [-0.4, -0.2) is 30.3 Å². The molecule has 1 aliphatic heterocycles. The molecule has 0 radical (unpaired) electrons. The molecule has 0 saturated heterocycles. The Kier molecular flexibility index (Phi) is 3.93. The van der Waals surface area contributed by atoms with E-state index in [9.17, 15) is 4.39 Å². The van der Waals surface area contributed by atoms with Crippen LogP contribution >= 0.6 is 0 Å². The lowest BCUT2D eigenvalue weighted by Gasteiger charge is -2.12. The van der Waals surface area contributed by atoms with Crippen LogP contribution in [0.5, 0.6) is 0 Å². The molecule has 140 valence electrons. The molecule has 0 fully saturated rings. The van der Waals surface area contributed by atoms with E-state index in [0.29, 0.717) is 13.0 Å². The summed E-state index contributed by atoms with van der Waals surface area (Å²) in [6.45, 7) is 0.653. The van der Waals surface area contributed by atoms with Gasteiger partial charge in [0.2, 0.25) is 0 Å². The lowest BCUT2D eigenvalue weighted by atomic mass is 10.0. The number of aromatic nitrogens is 5. The number of imidazole rings is 2. The SMILES string of the molecule is Cn1cncc1Cn1cnc(=C2C=CC(F)=CC2)c1=C1CC=Nc2[nH]ccc21. The largest absolute Gasteiger partial charge is 0.346 e. The summed E-state index contributed by atoms with van der Waals surface area (Å²) in [5.41, 5.74) is 4.33. The van der Waals surface area contributed by atoms with Crippen molar-refractivity contribution >= 4 is 23.2 Å². The number of nitrogens with one attached hydrogen (secondary N) is 1. The zero-order chi connectivity index (χ0) is 19.1. The molecule has 28 heavy (non-hydrogen) atoms. The maximum absolute atomic E-state index is 13.5. The highest BCUT2D eigenvalue weighted by Gasteiger charge is 2.17. The third kappa shape index (κ3) is 2.76. The number of aromatic amines is 1. The van der Waals surface area contributed by atoms with Gasteiger partial charge in [-0.05, 0) is 35.8 Å². The number of nitrogens with zero attached hydrogens (tertiary/aromatic N) is 5. The Morgan fingerprint density at radius 2 is 2.14 bits per heavy atom. The Morgan fingerprint density at radius 1 is 1.21 bits per heavy atom. The number of rotatable bonds is 2. The first kappa shape index (κ1) is 16.7. The summed E-state index contributed by atoms with van der Waals surface area (Å²) in [4.78, 5) is 16.6. The Balaban J connectivity index is 1.79. The maximum Gasteiger partial charge on any atom is 0.137 e. The third-order valence-electron chi connectivity index (χ3n) is 5.20. The van der Waals surface area contributed by atoms with Crippen molar-refractivity contribution in [3.63, 3.8) is 0 Å². The maximum atomic E-state index is 13.5. The van der Waals surface area contributed by atoms with E-state index in [4.69, 9.17) is 4.98 Å². The van der Waals surface area contributed by atoms with Gasteiger partial charge < -0.3 is 14.1 Å². The Morgan fingerprint density at radius 3 is 2.93 bits per heavy atom. The van der Waals surface area contributed by atoms with Crippen molar-refractivity contribution in [2.45, 2.75) is 19.4 Å². The van der Waals surface area contributed by atoms with Gasteiger partial charge in [0.15, 0.2) is 0 Å². The van der Waals surface area contributed by atoms with Crippen molar-refractivity contribution < 1.29 is 4.39 Å². The first-order chi connectivity index (χ1) is 13.7. The van der Waals surface area contributed by atoms with Gasteiger partial charge in [-0.15, -0.1) is 0 Å². The standard InChI is InChI=1S/C21H19FN6/c1-27-12-23-10-16(27)11-28-13-26-19(14-2-4-15(22)5-3-14)20(28)17-6-8-24-21-18(17)7-9-25-21/h2,4-5,7-10,12-13,25H,3,6,11H2,1H3. The molecule has 0 saturated carbocycles. The van der Waals surface area contributed by atoms with Crippen molar-refractivity contribution in [2.75, 3.05) is 0 Å². The van der Waals surface area contributed by atoms with Crippen LogP contribution in [-0.2, 0) is 13.6 Å². The molecule has 2 aliphatic rings. The van der Waals surface area contributed by atoms with Gasteiger partial charge in [-0.1, -0.05) is 6.08 Å². The highest BCUT2D eigenvalue weighted by Crippen LogP contribution is 2.28. The van der Waals surface area contributed by atoms with Crippen LogP contribution < -0.4 is 10.7 Å². The second-order valence-electron chi connectivity index (χ2n) is 6.95. The Hall–Kier alpha value is -3.48. The number of halogens is 1. The highest BCUT2D eigenvalue weighted by molar-refractivity contribution is 5.88. The summed E-state index contributed by atoms with van der Waals surface area (Å²) < 4.78 is 17.6. The van der Waals surface area contributed by atoms with Gasteiger partial charge in [-0.2, -0.15) is 0 Å². The van der Waals surface area contributed by atoms with E-state index in [2.05, 4.69) is 19.5 Å². The first-order valence-electron chi connectivity index (χ1n) is 9.17. The molecule has 3 aromatic heterocycles. The van der Waals surface area contributed by atoms with Gasteiger partial charge in [-0.3, -0.25) is 0 Å². The van der Waals surface area contributed by atoms with Crippen LogP contribution in [0.3, 0.4) is 0 Å². The number of H-pyrrole nitrogens is 1. The summed E-state index contributed by atoms with van der Waals surface area (Å²) in [6.07, 6.45) is 15.5. The van der Waals surface area contributed by atoms with E-state index in [1.807, 2.05) is 48.7 Å². The topological polar surface area (TPSA) is 63.8 Å². The number of fused-ring (bicyclic) bond motifs is 1. The molecule has 1 aliphatic carbocycles. The minimum absolute atomic E-state index is 0.204. The fourth-order valence-corrected chi connectivity index (χ4v) is 3.74. The first-order valence-corrected chi connectivity index (χ1v) is 9.17. The number of allylic oxidation sites excluding steroid dienone is 4. The normalized spacial score (nSPS) is 19.7. The van der Waals surface area contributed by atoms with Gasteiger partial charge in [0, 0.05) is 37.6 Å². The van der Waals surface area contributed by atoms with Crippen molar-refractivity contribution in [2.24, 2.45) is 12.0 Å². The predicted octanol–water partition coefficient (Wildman–Crippen LogP) is 2.26. The smallest absolute Gasteiger partial charge is 0.137 e. The van der Waals surface area contributed by atoms with Crippen LogP contribution in [0.4, 0.5) is 10.2 Å². The van der Waals surface area contributed by atoms with Crippen LogP contribution in [0.2, 0.25) is 0 Å². The summed E-state index contributed by atoms with van der Waals surface area (Å²) in [5.74, 6) is 0.653. The van der Waals surface area contributed by atoms with E-state index in [0.717, 1.165) is 45.3 Å². The molecule has 3 aromatic rings. The molecule has 0 bridgehead atoms. The van der Waals surface area contributed by atoms with Crippen LogP contribution in [0.25, 0.3) is 11.1 Å². The molecule has 5 rings (SSSR count). The van der Waals surface area contributed by atoms with Crippen LogP contribution in [0.1, 0.15) is 24.1 Å². The zero-order valence-corrected chi connectivity index (χ0v) is 15.4. The van der Waals surface area contributed by atoms with E-state index < -0.39 is 0 Å². The number of hydrogen-bond acceptors (Lipinski definition) is 3. The van der Waals surface area contributed by atoms with Gasteiger partial charge in [-0.25, -0.2) is 19.4 Å². The van der Waals surface area contributed by atoms with Crippen molar-refractivity contribution in [1.82, 2.24) is 24.1 Å². The summed E-state index contributed by atoms with van der Waals surface area (Å²) in [7, 11) is 1.98. The number of hydrogen-bond donors (Lipinski definition) is 1. The van der Waals surface area contributed by atoms with Gasteiger partial charge in [0.25, 0.3) is 0 Å². The average molecular weight is 374 g/mol. The number of aryl methyl sites for hydroxylation is 1. The minimum Gasteiger partial charge on any atom is -0.346 e. The van der Waals surface area contributed by atoms with Crippen molar-refractivity contribution in [1.29, 1.82) is 0 Å². The van der Waals surface area contributed by atoms with Crippen LogP contribution in [0, 0.1) is 0 Å². The molecular weight excluding hydrogens is 355 g/mol. The fraction of sp³-hybridized carbons (Fsp3) is 0.190. The summed E-state index contributed by atoms with van der Waals surface area (Å²) in [6, 6.07) is 2.05. The molecule has 6 nitrogen and oxygen atoms in total. The zero-order valence-electron chi connectivity index (χ0n) is 15.4. The monoisotopic (exact) mass is 374 g/mol. The quantitative estimate of drug-likeness (QED) is 0.748. The molecule has 0 spiro atoms. The molecule has 0 amide bonds. The second kappa shape index (κ2) is 6.60. The molecular formula is C21H19FN6. The van der Waals surface area contributed by atoms with E-state index in [-0.39, 0.29) is 5.83 Å². The van der Waals surface area contributed by atoms with Crippen molar-refractivity contribution in [3.8, 4) is 0 Å². The third-order valence-corrected chi connectivity index (χ3v) is 5.20. The van der Waals surface area contributed by atoms with Gasteiger partial charge in [0.05, 0.1) is 35.6 Å². The molecule has 0 unspecified atom stereocenters. The van der Waals surface area contributed by atoms with Crippen LogP contribution in [0.15, 0.2) is 60.2 Å². The van der Waals surface area contributed by atoms with Crippen molar-refractivity contribution in [3.05, 3.63) is 77.1 Å². The fourth-order valence-electron chi connectivity index (χ4n) is 3.74. The summed E-state index contributed by atoms with van der Waals surface area (Å²) in [5, 5.41) is 1.93.